The molecule has 3 aliphatic heterocycles. The van der Waals surface area contributed by atoms with Crippen LogP contribution in [0.5, 0.6) is 0 Å². The van der Waals surface area contributed by atoms with Crippen molar-refractivity contribution < 1.29 is 0 Å². The lowest BCUT2D eigenvalue weighted by Gasteiger charge is -2.35. The van der Waals surface area contributed by atoms with Crippen molar-refractivity contribution in [1.29, 1.82) is 0 Å². The second kappa shape index (κ2) is 7.79. The summed E-state index contributed by atoms with van der Waals surface area (Å²) in [6.07, 6.45) is 0. The van der Waals surface area contributed by atoms with Crippen molar-refractivity contribution in [3.05, 3.63) is 0 Å². The van der Waals surface area contributed by atoms with E-state index >= 15 is 0 Å². The van der Waals surface area contributed by atoms with E-state index in [1.165, 1.54) is 0 Å². The first-order valence-corrected chi connectivity index (χ1v) is 15.3. The molecule has 3 aliphatic rings. The monoisotopic (exact) mass is 444 g/mol. The molecule has 3 rings (SSSR count). The first-order chi connectivity index (χ1) is 12.4. The Hall–Kier alpha value is 0.600. The summed E-state index contributed by atoms with van der Waals surface area (Å²) >= 11 is 0. The number of hydrogen-bond donors (Lipinski definition) is 6. The molecule has 2 atom stereocenters. The maximum Gasteiger partial charge on any atom is 0.218 e. The molecule has 0 aromatic rings. The van der Waals surface area contributed by atoms with Crippen LogP contribution in [0, 0.1) is 0 Å². The van der Waals surface area contributed by atoms with E-state index in [2.05, 4.69) is 39.9 Å². The average Bonchev–Trinajstić information content (AvgIpc) is 3.54. The van der Waals surface area contributed by atoms with Crippen LogP contribution < -0.4 is 30.5 Å². The Morgan fingerprint density at radius 2 is 0.885 bits per heavy atom. The molecule has 2 fully saturated rings. The van der Waals surface area contributed by atoms with Gasteiger partial charge in [-0.25, -0.2) is 9.34 Å². The van der Waals surface area contributed by atoms with E-state index in [-0.39, 0.29) is 0 Å². The quantitative estimate of drug-likeness (QED) is 0.247. The first kappa shape index (κ1) is 21.3. The van der Waals surface area contributed by atoms with Crippen molar-refractivity contribution in [3.8, 4) is 0 Å². The summed E-state index contributed by atoms with van der Waals surface area (Å²) in [6, 6.07) is 0. The highest BCUT2D eigenvalue weighted by Crippen LogP contribution is 2.76. The number of hydrogen-bond acceptors (Lipinski definition) is 12. The van der Waals surface area contributed by atoms with Gasteiger partial charge in [-0.15, -0.1) is 0 Å². The maximum absolute atomic E-state index is 5.40. The summed E-state index contributed by atoms with van der Waals surface area (Å²) in [5, 5.41) is 20.4. The van der Waals surface area contributed by atoms with Crippen molar-refractivity contribution in [3.63, 3.8) is 0 Å². The number of nitrogens with zero attached hydrogens (tertiary/aromatic N) is 6. The molecule has 2 unspecified atom stereocenters. The van der Waals surface area contributed by atoms with E-state index in [9.17, 15) is 0 Å². The lowest BCUT2D eigenvalue weighted by molar-refractivity contribution is 0.851. The van der Waals surface area contributed by atoms with Gasteiger partial charge in [0.1, 0.15) is 0 Å². The van der Waals surface area contributed by atoms with Gasteiger partial charge in [-0.3, -0.25) is 30.5 Å². The molecular weight excluding hydrogens is 412 g/mol. The average molecular weight is 444 g/mol. The van der Waals surface area contributed by atoms with E-state index in [0.717, 1.165) is 26.2 Å². The largest absolute Gasteiger partial charge is 0.257 e. The molecule has 0 bridgehead atoms. The predicted octanol–water partition coefficient (Wildman–Crippen LogP) is 1.73. The van der Waals surface area contributed by atoms with Gasteiger partial charge in [-0.05, 0) is 42.3 Å². The summed E-state index contributed by atoms with van der Waals surface area (Å²) in [6.45, 7) is 3.99. The van der Waals surface area contributed by atoms with E-state index in [4.69, 9.17) is 18.1 Å². The molecule has 26 heavy (non-hydrogen) atoms. The molecule has 16 heteroatoms. The number of nitrogens with one attached hydrogen (secondary N) is 6. The smallest absolute Gasteiger partial charge is 0.218 e. The van der Waals surface area contributed by atoms with Gasteiger partial charge in [0.05, 0.1) is 0 Å². The zero-order valence-electron chi connectivity index (χ0n) is 16.3. The topological polar surface area (TPSA) is 128 Å². The third-order valence-electron chi connectivity index (χ3n) is 4.50. The minimum atomic E-state index is -2.40. The molecule has 152 valence electrons. The Morgan fingerprint density at radius 3 is 1.23 bits per heavy atom. The third kappa shape index (κ3) is 3.73. The fourth-order valence-corrected chi connectivity index (χ4v) is 18.8. The summed E-state index contributed by atoms with van der Waals surface area (Å²) in [4.78, 5) is 0. The SMILES string of the molecule is CNP1(NC)=NP(NC)(NC)=NP(NC)(N2CC2)=NP(NC)(N2CC2)=N1. The van der Waals surface area contributed by atoms with Crippen molar-refractivity contribution in [2.45, 2.75) is 0 Å². The fourth-order valence-electron chi connectivity index (χ4n) is 2.71. The Kier molecular flexibility index (Phi) is 6.38. The van der Waals surface area contributed by atoms with Crippen LogP contribution in [-0.4, -0.2) is 77.8 Å². The van der Waals surface area contributed by atoms with Gasteiger partial charge >= 0.3 is 0 Å². The van der Waals surface area contributed by atoms with E-state index in [0.29, 0.717) is 0 Å². The van der Waals surface area contributed by atoms with Crippen LogP contribution in [0.15, 0.2) is 18.1 Å². The summed E-state index contributed by atoms with van der Waals surface area (Å²) in [5.41, 5.74) is 0. The van der Waals surface area contributed by atoms with Gasteiger partial charge in [0, 0.05) is 26.2 Å². The molecule has 0 spiro atoms. The highest BCUT2D eigenvalue weighted by Gasteiger charge is 2.45. The molecule has 0 aromatic heterocycles. The number of rotatable bonds is 8. The second-order valence-electron chi connectivity index (χ2n) is 5.95. The van der Waals surface area contributed by atoms with Crippen LogP contribution in [-0.2, 0) is 0 Å². The Labute approximate surface area is 156 Å². The molecular formula is C10H32N12P4. The molecule has 0 radical (unpaired) electrons. The Bertz CT molecular complexity index is 719. The lowest BCUT2D eigenvalue weighted by Crippen LogP contribution is -2.23. The van der Waals surface area contributed by atoms with Crippen LogP contribution in [0.3, 0.4) is 0 Å². The lowest BCUT2D eigenvalue weighted by atomic mass is 11.0. The van der Waals surface area contributed by atoms with Gasteiger partial charge in [-0.2, -0.15) is 18.1 Å². The molecule has 0 aromatic carbocycles. The third-order valence-corrected chi connectivity index (χ3v) is 18.7. The summed E-state index contributed by atoms with van der Waals surface area (Å²) in [7, 11) is 2.07. The fraction of sp³-hybridized carbons (Fsp3) is 1.00. The van der Waals surface area contributed by atoms with Gasteiger partial charge in [-0.1, -0.05) is 0 Å². The van der Waals surface area contributed by atoms with Crippen LogP contribution >= 0.6 is 30.0 Å². The standard InChI is InChI=1S/C10H32N12P4/c1-11-23(12-2)17-24(13-3,14-4)19-26(16-6,22-9-10-22)20-25(15-5,18-23)21-7-8-21/h11-16H,7-10H2,1-6H3. The molecule has 0 saturated carbocycles. The van der Waals surface area contributed by atoms with E-state index in [1.54, 1.807) is 0 Å². The van der Waals surface area contributed by atoms with Crippen LogP contribution in [0.1, 0.15) is 0 Å². The van der Waals surface area contributed by atoms with Gasteiger partial charge in [0.25, 0.3) is 0 Å². The molecule has 3 heterocycles. The van der Waals surface area contributed by atoms with Crippen LogP contribution in [0.4, 0.5) is 0 Å². The Balaban J connectivity index is 2.40. The normalized spacial score (nSPS) is 35.9. The Morgan fingerprint density at radius 1 is 0.500 bits per heavy atom. The molecule has 2 saturated heterocycles. The molecule has 0 aliphatic carbocycles. The summed E-state index contributed by atoms with van der Waals surface area (Å²) in [5.74, 6) is 0. The van der Waals surface area contributed by atoms with Gasteiger partial charge in [0.15, 0.2) is 0 Å². The summed E-state index contributed by atoms with van der Waals surface area (Å²) < 4.78 is 25.8. The van der Waals surface area contributed by atoms with E-state index < -0.39 is 30.0 Å². The maximum atomic E-state index is 5.40. The first-order valence-electron chi connectivity index (χ1n) is 8.61. The van der Waals surface area contributed by atoms with Crippen LogP contribution in [0.2, 0.25) is 0 Å². The van der Waals surface area contributed by atoms with Crippen molar-refractivity contribution in [1.82, 2.24) is 39.9 Å². The van der Waals surface area contributed by atoms with Crippen molar-refractivity contribution >= 4 is 30.0 Å². The minimum absolute atomic E-state index is 0.997. The molecule has 6 N–H and O–H groups in total. The van der Waals surface area contributed by atoms with Gasteiger partial charge in [0.2, 0.25) is 30.0 Å². The highest BCUT2D eigenvalue weighted by atomic mass is 31.3. The molecule has 0 amide bonds. The highest BCUT2D eigenvalue weighted by molar-refractivity contribution is 7.83. The van der Waals surface area contributed by atoms with Crippen molar-refractivity contribution in [2.75, 3.05) is 68.5 Å². The van der Waals surface area contributed by atoms with E-state index in [1.807, 2.05) is 42.3 Å². The second-order valence-corrected chi connectivity index (χ2v) is 17.3. The molecule has 12 nitrogen and oxygen atoms in total. The predicted molar refractivity (Wildman–Crippen MR) is 115 cm³/mol. The zero-order chi connectivity index (χ0) is 19.1. The van der Waals surface area contributed by atoms with Crippen LogP contribution in [0.25, 0.3) is 0 Å². The minimum Gasteiger partial charge on any atom is -0.257 e. The zero-order valence-corrected chi connectivity index (χ0v) is 19.9. The van der Waals surface area contributed by atoms with Crippen molar-refractivity contribution in [2.24, 2.45) is 18.1 Å². The van der Waals surface area contributed by atoms with Gasteiger partial charge < -0.3 is 0 Å².